The fourth-order valence-electron chi connectivity index (χ4n) is 2.75. The van der Waals surface area contributed by atoms with Crippen molar-refractivity contribution in [3.63, 3.8) is 0 Å². The SMILES string of the molecule is C[C@H](CF)COc1ccc(C(C)(C)c2cc(Cl)c(OC[C@H](C)CCl)c(Cl)c2)cc1. The highest BCUT2D eigenvalue weighted by molar-refractivity contribution is 6.37. The minimum absolute atomic E-state index is 0.122. The zero-order valence-electron chi connectivity index (χ0n) is 17.3. The molecule has 2 atom stereocenters. The number of halogens is 4. The summed E-state index contributed by atoms with van der Waals surface area (Å²) in [5.74, 6) is 1.79. The molecule has 0 saturated heterocycles. The Morgan fingerprint density at radius 1 is 0.897 bits per heavy atom. The van der Waals surface area contributed by atoms with Gasteiger partial charge in [-0.05, 0) is 35.4 Å². The summed E-state index contributed by atoms with van der Waals surface area (Å²) in [6.07, 6.45) is 0. The fraction of sp³-hybridized carbons (Fsp3) is 0.478. The lowest BCUT2D eigenvalue weighted by Crippen LogP contribution is -2.19. The first-order valence-electron chi connectivity index (χ1n) is 9.66. The van der Waals surface area contributed by atoms with Gasteiger partial charge < -0.3 is 9.47 Å². The van der Waals surface area contributed by atoms with Gasteiger partial charge in [-0.25, -0.2) is 0 Å². The van der Waals surface area contributed by atoms with Crippen molar-refractivity contribution in [1.82, 2.24) is 0 Å². The average molecular weight is 462 g/mol. The van der Waals surface area contributed by atoms with E-state index in [1.807, 2.05) is 50.2 Å². The lowest BCUT2D eigenvalue weighted by Gasteiger charge is -2.27. The van der Waals surface area contributed by atoms with E-state index in [2.05, 4.69) is 13.8 Å². The normalized spacial score (nSPS) is 13.8. The molecule has 0 bridgehead atoms. The van der Waals surface area contributed by atoms with E-state index in [-0.39, 0.29) is 17.3 Å². The smallest absolute Gasteiger partial charge is 0.156 e. The van der Waals surface area contributed by atoms with Gasteiger partial charge in [0.15, 0.2) is 5.75 Å². The van der Waals surface area contributed by atoms with E-state index in [9.17, 15) is 4.39 Å². The van der Waals surface area contributed by atoms with Gasteiger partial charge in [0.1, 0.15) is 5.75 Å². The average Bonchev–Trinajstić information content (AvgIpc) is 2.71. The van der Waals surface area contributed by atoms with E-state index in [1.54, 1.807) is 0 Å². The highest BCUT2D eigenvalue weighted by atomic mass is 35.5. The minimum atomic E-state index is -0.392. The summed E-state index contributed by atoms with van der Waals surface area (Å²) < 4.78 is 24.0. The van der Waals surface area contributed by atoms with Crippen LogP contribution in [0.25, 0.3) is 0 Å². The second-order valence-corrected chi connectivity index (χ2v) is 9.18. The van der Waals surface area contributed by atoms with Crippen molar-refractivity contribution in [2.45, 2.75) is 33.1 Å². The second-order valence-electron chi connectivity index (χ2n) is 8.06. The van der Waals surface area contributed by atoms with Crippen LogP contribution in [0, 0.1) is 11.8 Å². The molecule has 0 aliphatic carbocycles. The van der Waals surface area contributed by atoms with Crippen molar-refractivity contribution in [2.24, 2.45) is 11.8 Å². The molecule has 0 heterocycles. The van der Waals surface area contributed by atoms with E-state index in [0.29, 0.717) is 34.9 Å². The van der Waals surface area contributed by atoms with Crippen molar-refractivity contribution < 1.29 is 13.9 Å². The van der Waals surface area contributed by atoms with Gasteiger partial charge in [-0.2, -0.15) is 0 Å². The Morgan fingerprint density at radius 3 is 1.97 bits per heavy atom. The largest absolute Gasteiger partial charge is 0.493 e. The second kappa shape index (κ2) is 10.7. The molecular formula is C23H28Cl3FO2. The molecule has 0 aliphatic heterocycles. The minimum Gasteiger partial charge on any atom is -0.493 e. The monoisotopic (exact) mass is 460 g/mol. The van der Waals surface area contributed by atoms with Crippen LogP contribution in [0.1, 0.15) is 38.8 Å². The highest BCUT2D eigenvalue weighted by Gasteiger charge is 2.26. The standard InChI is InChI=1S/C23H28Cl3FO2/c1-15(11-24)13-29-22-20(25)9-18(10-21(22)26)23(3,4)17-5-7-19(8-6-17)28-14-16(2)12-27/h5-10,15-16H,11-14H2,1-4H3/t15-,16-/m1/s1. The van der Waals surface area contributed by atoms with Crippen LogP contribution in [0.4, 0.5) is 4.39 Å². The molecule has 2 rings (SSSR count). The Morgan fingerprint density at radius 2 is 1.45 bits per heavy atom. The van der Waals surface area contributed by atoms with Gasteiger partial charge in [0, 0.05) is 23.1 Å². The molecule has 0 N–H and O–H groups in total. The summed E-state index contributed by atoms with van der Waals surface area (Å²) in [4.78, 5) is 0. The molecule has 160 valence electrons. The molecule has 2 aromatic carbocycles. The van der Waals surface area contributed by atoms with Gasteiger partial charge in [0.05, 0.1) is 29.9 Å². The maximum Gasteiger partial charge on any atom is 0.156 e. The number of hydrogen-bond donors (Lipinski definition) is 0. The van der Waals surface area contributed by atoms with Gasteiger partial charge in [0.25, 0.3) is 0 Å². The van der Waals surface area contributed by atoms with Crippen LogP contribution in [-0.2, 0) is 5.41 Å². The van der Waals surface area contributed by atoms with E-state index in [4.69, 9.17) is 44.3 Å². The maximum absolute atomic E-state index is 12.6. The van der Waals surface area contributed by atoms with Crippen molar-refractivity contribution in [2.75, 3.05) is 25.8 Å². The van der Waals surface area contributed by atoms with Crippen molar-refractivity contribution in [3.05, 3.63) is 57.6 Å². The van der Waals surface area contributed by atoms with Crippen LogP contribution in [0.2, 0.25) is 10.0 Å². The molecule has 6 heteroatoms. The summed E-state index contributed by atoms with van der Waals surface area (Å²) in [6.45, 7) is 8.43. The number of ether oxygens (including phenoxy) is 2. The lowest BCUT2D eigenvalue weighted by molar-refractivity contribution is 0.229. The number of benzene rings is 2. The molecule has 0 aliphatic rings. The van der Waals surface area contributed by atoms with Crippen molar-refractivity contribution in [3.8, 4) is 11.5 Å². The molecule has 0 aromatic heterocycles. The Kier molecular flexibility index (Phi) is 8.93. The third-order valence-electron chi connectivity index (χ3n) is 4.87. The van der Waals surface area contributed by atoms with Crippen LogP contribution in [-0.4, -0.2) is 25.8 Å². The Bertz CT molecular complexity index is 770. The fourth-order valence-corrected chi connectivity index (χ4v) is 3.43. The van der Waals surface area contributed by atoms with Crippen LogP contribution in [0.5, 0.6) is 11.5 Å². The topological polar surface area (TPSA) is 18.5 Å². The first kappa shape index (κ1) is 24.1. The van der Waals surface area contributed by atoms with Gasteiger partial charge in [-0.3, -0.25) is 4.39 Å². The first-order valence-corrected chi connectivity index (χ1v) is 11.0. The zero-order chi connectivity index (χ0) is 21.6. The van der Waals surface area contributed by atoms with Gasteiger partial charge in [-0.15, -0.1) is 11.6 Å². The quantitative estimate of drug-likeness (QED) is 0.340. The van der Waals surface area contributed by atoms with Crippen LogP contribution < -0.4 is 9.47 Å². The Hall–Kier alpha value is -1.16. The van der Waals surface area contributed by atoms with Crippen molar-refractivity contribution >= 4 is 34.8 Å². The summed E-state index contributed by atoms with van der Waals surface area (Å²) in [5.41, 5.74) is 1.73. The third kappa shape index (κ3) is 6.41. The Balaban J connectivity index is 2.19. The summed E-state index contributed by atoms with van der Waals surface area (Å²) in [6, 6.07) is 11.6. The molecule has 2 aromatic rings. The lowest BCUT2D eigenvalue weighted by atomic mass is 9.78. The molecule has 0 unspecified atom stereocenters. The number of alkyl halides is 2. The van der Waals surface area contributed by atoms with Crippen LogP contribution >= 0.6 is 34.8 Å². The van der Waals surface area contributed by atoms with Gasteiger partial charge in [-0.1, -0.05) is 63.0 Å². The van der Waals surface area contributed by atoms with E-state index in [1.165, 1.54) is 0 Å². The van der Waals surface area contributed by atoms with Crippen LogP contribution in [0.3, 0.4) is 0 Å². The van der Waals surface area contributed by atoms with E-state index < -0.39 is 6.67 Å². The first-order chi connectivity index (χ1) is 13.7. The Labute approximate surface area is 188 Å². The predicted octanol–water partition coefficient (Wildman–Crippen LogP) is 7.56. The molecule has 0 spiro atoms. The highest BCUT2D eigenvalue weighted by Crippen LogP contribution is 2.40. The molecular weight excluding hydrogens is 434 g/mol. The van der Waals surface area contributed by atoms with E-state index in [0.717, 1.165) is 16.9 Å². The summed E-state index contributed by atoms with van der Waals surface area (Å²) in [5, 5.41) is 0.949. The van der Waals surface area contributed by atoms with Crippen molar-refractivity contribution in [1.29, 1.82) is 0 Å². The van der Waals surface area contributed by atoms with Gasteiger partial charge >= 0.3 is 0 Å². The molecule has 0 saturated carbocycles. The predicted molar refractivity (Wildman–Crippen MR) is 121 cm³/mol. The molecule has 29 heavy (non-hydrogen) atoms. The molecule has 0 fully saturated rings. The van der Waals surface area contributed by atoms with E-state index >= 15 is 0 Å². The summed E-state index contributed by atoms with van der Waals surface area (Å²) in [7, 11) is 0. The molecule has 0 radical (unpaired) electrons. The number of hydrogen-bond acceptors (Lipinski definition) is 2. The maximum atomic E-state index is 12.6. The summed E-state index contributed by atoms with van der Waals surface area (Å²) >= 11 is 18.8. The third-order valence-corrected chi connectivity index (χ3v) is 5.96. The zero-order valence-corrected chi connectivity index (χ0v) is 19.5. The molecule has 2 nitrogen and oxygen atoms in total. The van der Waals surface area contributed by atoms with Gasteiger partial charge in [0.2, 0.25) is 0 Å². The molecule has 0 amide bonds. The van der Waals surface area contributed by atoms with Crippen LogP contribution in [0.15, 0.2) is 36.4 Å². The number of rotatable bonds is 10.